The van der Waals surface area contributed by atoms with Gasteiger partial charge in [-0.2, -0.15) is 13.2 Å². The van der Waals surface area contributed by atoms with Gasteiger partial charge in [-0.1, -0.05) is 0 Å². The molecule has 11 heteroatoms. The van der Waals surface area contributed by atoms with Gasteiger partial charge >= 0.3 is 6.18 Å². The standard InChI is InChI=1S/C9H11BrF3NO4S2/c10-8-7(3-6(4-15)19-8)20(16,17)14-1-2-18-5-9(11,12)13/h3,14-15H,1-2,4-5H2. The molecule has 5 nitrogen and oxygen atoms in total. The number of halogens is 4. The summed E-state index contributed by atoms with van der Waals surface area (Å²) in [5.74, 6) is 0. The van der Waals surface area contributed by atoms with Crippen molar-refractivity contribution in [1.82, 2.24) is 4.72 Å². The van der Waals surface area contributed by atoms with Gasteiger partial charge in [0.05, 0.1) is 17.0 Å². The van der Waals surface area contributed by atoms with E-state index in [0.717, 1.165) is 11.3 Å². The minimum Gasteiger partial charge on any atom is -0.391 e. The third-order valence-electron chi connectivity index (χ3n) is 1.96. The van der Waals surface area contributed by atoms with E-state index in [1.54, 1.807) is 0 Å². The van der Waals surface area contributed by atoms with Crippen LogP contribution in [-0.2, 0) is 21.4 Å². The summed E-state index contributed by atoms with van der Waals surface area (Å²) in [4.78, 5) is 0.382. The number of thiophene rings is 1. The van der Waals surface area contributed by atoms with E-state index < -0.39 is 29.4 Å². The molecule has 20 heavy (non-hydrogen) atoms. The van der Waals surface area contributed by atoms with Gasteiger partial charge in [0.2, 0.25) is 10.0 Å². The summed E-state index contributed by atoms with van der Waals surface area (Å²) >= 11 is 4.11. The number of nitrogens with one attached hydrogen (secondary N) is 1. The normalized spacial score (nSPS) is 12.8. The number of hydrogen-bond donors (Lipinski definition) is 2. The molecule has 0 aliphatic rings. The first kappa shape index (κ1) is 17.9. The molecule has 0 saturated heterocycles. The Morgan fingerprint density at radius 3 is 2.60 bits per heavy atom. The summed E-state index contributed by atoms with van der Waals surface area (Å²) in [6, 6.07) is 1.29. The Bertz CT molecular complexity index is 544. The molecule has 1 aromatic rings. The first-order chi connectivity index (χ1) is 9.15. The van der Waals surface area contributed by atoms with Crippen LogP contribution in [0.2, 0.25) is 0 Å². The summed E-state index contributed by atoms with van der Waals surface area (Å²) in [6.45, 7) is -2.40. The lowest BCUT2D eigenvalue weighted by molar-refractivity contribution is -0.173. The summed E-state index contributed by atoms with van der Waals surface area (Å²) in [7, 11) is -3.85. The van der Waals surface area contributed by atoms with E-state index >= 15 is 0 Å². The van der Waals surface area contributed by atoms with Crippen molar-refractivity contribution in [2.24, 2.45) is 0 Å². The lowest BCUT2D eigenvalue weighted by Gasteiger charge is -2.08. The quantitative estimate of drug-likeness (QED) is 0.688. The van der Waals surface area contributed by atoms with Gasteiger partial charge in [-0.3, -0.25) is 0 Å². The van der Waals surface area contributed by atoms with Crippen LogP contribution in [0.4, 0.5) is 13.2 Å². The van der Waals surface area contributed by atoms with Crippen molar-refractivity contribution in [1.29, 1.82) is 0 Å². The molecule has 2 N–H and O–H groups in total. The third-order valence-corrected chi connectivity index (χ3v) is 5.65. The van der Waals surface area contributed by atoms with Crippen molar-refractivity contribution in [3.8, 4) is 0 Å². The molecule has 0 fully saturated rings. The molecule has 0 aromatic carbocycles. The van der Waals surface area contributed by atoms with Crippen LogP contribution in [0.15, 0.2) is 14.7 Å². The van der Waals surface area contributed by atoms with Gasteiger partial charge in [0.15, 0.2) is 0 Å². The Morgan fingerprint density at radius 2 is 2.10 bits per heavy atom. The van der Waals surface area contributed by atoms with E-state index in [1.165, 1.54) is 6.07 Å². The van der Waals surface area contributed by atoms with Crippen LogP contribution in [0.3, 0.4) is 0 Å². The van der Waals surface area contributed by atoms with Crippen LogP contribution in [0.5, 0.6) is 0 Å². The molecule has 1 rings (SSSR count). The maximum atomic E-state index is 11.8. The molecular weight excluding hydrogens is 387 g/mol. The van der Waals surface area contributed by atoms with E-state index in [-0.39, 0.29) is 18.0 Å². The third kappa shape index (κ3) is 5.66. The molecule has 0 atom stereocenters. The van der Waals surface area contributed by atoms with Crippen LogP contribution in [0.25, 0.3) is 0 Å². The molecule has 0 radical (unpaired) electrons. The zero-order chi connectivity index (χ0) is 15.4. The van der Waals surface area contributed by atoms with Gasteiger partial charge < -0.3 is 9.84 Å². The minimum atomic E-state index is -4.44. The van der Waals surface area contributed by atoms with Crippen LogP contribution in [-0.4, -0.2) is 39.5 Å². The van der Waals surface area contributed by atoms with Gasteiger partial charge in [0.25, 0.3) is 0 Å². The average Bonchev–Trinajstić information content (AvgIpc) is 2.69. The zero-order valence-corrected chi connectivity index (χ0v) is 13.1. The van der Waals surface area contributed by atoms with Crippen LogP contribution in [0, 0.1) is 0 Å². The smallest absolute Gasteiger partial charge is 0.391 e. The van der Waals surface area contributed by atoms with E-state index in [4.69, 9.17) is 5.11 Å². The van der Waals surface area contributed by atoms with Crippen molar-refractivity contribution in [3.05, 3.63) is 14.7 Å². The van der Waals surface area contributed by atoms with Crippen molar-refractivity contribution < 1.29 is 31.4 Å². The number of ether oxygens (including phenoxy) is 1. The topological polar surface area (TPSA) is 75.6 Å². The first-order valence-electron chi connectivity index (χ1n) is 5.19. The maximum absolute atomic E-state index is 11.8. The zero-order valence-electron chi connectivity index (χ0n) is 9.91. The predicted octanol–water partition coefficient (Wildman–Crippen LogP) is 1.86. The number of aliphatic hydroxyl groups excluding tert-OH is 1. The SMILES string of the molecule is O=S(=O)(NCCOCC(F)(F)F)c1cc(CO)sc1Br. The monoisotopic (exact) mass is 397 g/mol. The van der Waals surface area contributed by atoms with Gasteiger partial charge in [-0.15, -0.1) is 11.3 Å². The molecule has 0 aliphatic heterocycles. The highest BCUT2D eigenvalue weighted by molar-refractivity contribution is 9.11. The summed E-state index contributed by atoms with van der Waals surface area (Å²) in [6.07, 6.45) is -4.44. The fraction of sp³-hybridized carbons (Fsp3) is 0.556. The van der Waals surface area contributed by atoms with Crippen LogP contribution >= 0.6 is 27.3 Å². The number of hydrogen-bond acceptors (Lipinski definition) is 5. The molecule has 0 aliphatic carbocycles. The molecule has 1 heterocycles. The van der Waals surface area contributed by atoms with Crippen molar-refractivity contribution in [3.63, 3.8) is 0 Å². The Morgan fingerprint density at radius 1 is 1.45 bits per heavy atom. The molecule has 0 amide bonds. The second-order valence-electron chi connectivity index (χ2n) is 3.57. The Kier molecular flexibility index (Phi) is 6.41. The molecular formula is C9H11BrF3NO4S2. The summed E-state index contributed by atoms with van der Waals surface area (Å²) < 4.78 is 65.8. The maximum Gasteiger partial charge on any atom is 0.411 e. The molecule has 1 aromatic heterocycles. The minimum absolute atomic E-state index is 0.0672. The first-order valence-corrected chi connectivity index (χ1v) is 8.28. The van der Waals surface area contributed by atoms with Crippen LogP contribution < -0.4 is 4.72 Å². The number of rotatable bonds is 7. The Hall–Kier alpha value is -0.200. The molecule has 116 valence electrons. The van der Waals surface area contributed by atoms with Crippen molar-refractivity contribution in [2.75, 3.05) is 19.8 Å². The summed E-state index contributed by atoms with van der Waals surface area (Å²) in [5.41, 5.74) is 0. The van der Waals surface area contributed by atoms with E-state index in [2.05, 4.69) is 25.4 Å². The van der Waals surface area contributed by atoms with Crippen molar-refractivity contribution in [2.45, 2.75) is 17.7 Å². The average molecular weight is 398 g/mol. The second-order valence-corrected chi connectivity index (χ2v) is 7.76. The van der Waals surface area contributed by atoms with E-state index in [9.17, 15) is 21.6 Å². The van der Waals surface area contributed by atoms with Crippen molar-refractivity contribution >= 4 is 37.3 Å². The lowest BCUT2D eigenvalue weighted by Crippen LogP contribution is -2.29. The second kappa shape index (κ2) is 7.18. The van der Waals surface area contributed by atoms with Gasteiger partial charge in [0.1, 0.15) is 11.5 Å². The van der Waals surface area contributed by atoms with E-state index in [0.29, 0.717) is 8.66 Å². The highest BCUT2D eigenvalue weighted by Gasteiger charge is 2.27. The lowest BCUT2D eigenvalue weighted by atomic mass is 10.5. The number of aliphatic hydroxyl groups is 1. The van der Waals surface area contributed by atoms with Crippen LogP contribution in [0.1, 0.15) is 4.88 Å². The summed E-state index contributed by atoms with van der Waals surface area (Å²) in [5, 5.41) is 8.91. The highest BCUT2D eigenvalue weighted by Crippen LogP contribution is 2.31. The molecule has 0 unspecified atom stereocenters. The molecule has 0 bridgehead atoms. The van der Waals surface area contributed by atoms with Gasteiger partial charge in [-0.25, -0.2) is 13.1 Å². The molecule has 0 spiro atoms. The Balaban J connectivity index is 2.51. The fourth-order valence-corrected chi connectivity index (χ4v) is 4.73. The predicted molar refractivity (Wildman–Crippen MR) is 70.0 cm³/mol. The highest BCUT2D eigenvalue weighted by atomic mass is 79.9. The Labute approximate surface area is 125 Å². The number of alkyl halides is 3. The number of sulfonamides is 1. The fourth-order valence-electron chi connectivity index (χ4n) is 1.17. The van der Waals surface area contributed by atoms with Gasteiger partial charge in [-0.05, 0) is 22.0 Å². The largest absolute Gasteiger partial charge is 0.411 e. The van der Waals surface area contributed by atoms with E-state index in [1.807, 2.05) is 0 Å². The molecule has 0 saturated carbocycles. The van der Waals surface area contributed by atoms with Gasteiger partial charge in [0, 0.05) is 11.4 Å².